The lowest BCUT2D eigenvalue weighted by Gasteiger charge is -2.22. The maximum atomic E-state index is 12.3. The maximum Gasteiger partial charge on any atom is 0.326 e. The zero-order chi connectivity index (χ0) is 21.0. The zero-order valence-electron chi connectivity index (χ0n) is 14.6. The Labute approximate surface area is 161 Å². The highest BCUT2D eigenvalue weighted by Crippen LogP contribution is 2.04. The first-order valence-electron chi connectivity index (χ1n) is 8.05. The highest BCUT2D eigenvalue weighted by Gasteiger charge is 2.27. The molecule has 0 rings (SSSR count). The number of carbonyl (C=O) groups is 4. The van der Waals surface area contributed by atoms with Crippen LogP contribution in [0.2, 0.25) is 0 Å². The van der Waals surface area contributed by atoms with Crippen molar-refractivity contribution in [2.45, 2.75) is 43.8 Å². The van der Waals surface area contributed by atoms with Gasteiger partial charge in [-0.2, -0.15) is 12.6 Å². The van der Waals surface area contributed by atoms with Crippen molar-refractivity contribution in [1.82, 2.24) is 10.6 Å². The van der Waals surface area contributed by atoms with Crippen LogP contribution in [0.5, 0.6) is 0 Å². The van der Waals surface area contributed by atoms with E-state index in [1.54, 1.807) is 0 Å². The normalized spacial score (nSPS) is 13.7. The molecule has 12 nitrogen and oxygen atoms in total. The van der Waals surface area contributed by atoms with Gasteiger partial charge in [-0.3, -0.25) is 19.4 Å². The minimum Gasteiger partial charge on any atom is -0.481 e. The molecule has 0 heterocycles. The van der Waals surface area contributed by atoms with Gasteiger partial charge in [0.1, 0.15) is 12.1 Å². The van der Waals surface area contributed by atoms with E-state index < -0.39 is 48.3 Å². The number of nitrogens with zero attached hydrogens (tertiary/aromatic N) is 1. The van der Waals surface area contributed by atoms with Gasteiger partial charge in [-0.25, -0.2) is 4.79 Å². The predicted octanol–water partition coefficient (Wildman–Crippen LogP) is -2.78. The standard InChI is InChI=1S/C14H26N6O6S/c15-7(6-27)11(23)19-8(3-4-10(21)22)12(24)20-9(13(25)26)2-1-5-18-14(16)17/h7-9,27H,1-6,15H2,(H,19,23)(H,20,24)(H,21,22)(H,25,26)(H4,16,17,18)/t7-,8-,9-/m0/s1. The van der Waals surface area contributed by atoms with Gasteiger partial charge in [0.2, 0.25) is 11.8 Å². The van der Waals surface area contributed by atoms with Crippen molar-refractivity contribution < 1.29 is 29.4 Å². The van der Waals surface area contributed by atoms with Crippen LogP contribution in [0, 0.1) is 0 Å². The molecule has 0 spiro atoms. The van der Waals surface area contributed by atoms with E-state index in [2.05, 4.69) is 28.3 Å². The smallest absolute Gasteiger partial charge is 0.326 e. The number of guanidine groups is 1. The van der Waals surface area contributed by atoms with Crippen LogP contribution in [0.1, 0.15) is 25.7 Å². The molecule has 0 unspecified atom stereocenters. The second-order valence-corrected chi connectivity index (χ2v) is 6.00. The number of amides is 2. The summed E-state index contributed by atoms with van der Waals surface area (Å²) in [6.45, 7) is 0.179. The van der Waals surface area contributed by atoms with Gasteiger partial charge in [0.15, 0.2) is 5.96 Å². The predicted molar refractivity (Wildman–Crippen MR) is 100 cm³/mol. The Kier molecular flexibility index (Phi) is 11.6. The summed E-state index contributed by atoms with van der Waals surface area (Å²) < 4.78 is 0. The van der Waals surface area contributed by atoms with E-state index in [0.717, 1.165) is 0 Å². The van der Waals surface area contributed by atoms with Crippen molar-refractivity contribution in [1.29, 1.82) is 0 Å². The number of carbonyl (C=O) groups excluding carboxylic acids is 2. The molecular formula is C14H26N6O6S. The Bertz CT molecular complexity index is 568. The van der Waals surface area contributed by atoms with Gasteiger partial charge in [0, 0.05) is 18.7 Å². The number of rotatable bonds is 13. The highest BCUT2D eigenvalue weighted by atomic mass is 32.1. The third-order valence-electron chi connectivity index (χ3n) is 3.37. The molecule has 3 atom stereocenters. The largest absolute Gasteiger partial charge is 0.481 e. The first-order valence-corrected chi connectivity index (χ1v) is 8.68. The Morgan fingerprint density at radius 1 is 1.00 bits per heavy atom. The van der Waals surface area contributed by atoms with Crippen LogP contribution in [0.3, 0.4) is 0 Å². The van der Waals surface area contributed by atoms with Gasteiger partial charge in [-0.15, -0.1) is 0 Å². The summed E-state index contributed by atoms with van der Waals surface area (Å²) in [4.78, 5) is 50.0. The SMILES string of the molecule is NC(N)=NCCC[C@H](NC(=O)[C@H](CCC(=O)O)NC(=O)[C@@H](N)CS)C(=O)O. The fourth-order valence-electron chi connectivity index (χ4n) is 1.93. The van der Waals surface area contributed by atoms with Crippen molar-refractivity contribution in [3.05, 3.63) is 0 Å². The van der Waals surface area contributed by atoms with Crippen LogP contribution in [-0.2, 0) is 19.2 Å². The van der Waals surface area contributed by atoms with Gasteiger partial charge in [-0.1, -0.05) is 0 Å². The van der Waals surface area contributed by atoms with E-state index in [-0.39, 0.29) is 37.5 Å². The molecular weight excluding hydrogens is 380 g/mol. The number of hydrogen-bond acceptors (Lipinski definition) is 7. The molecule has 0 fully saturated rings. The molecule has 0 radical (unpaired) electrons. The average molecular weight is 406 g/mol. The molecule has 0 saturated carbocycles. The lowest BCUT2D eigenvalue weighted by Crippen LogP contribution is -2.54. The van der Waals surface area contributed by atoms with Gasteiger partial charge < -0.3 is 38.0 Å². The Balaban J connectivity index is 4.97. The lowest BCUT2D eigenvalue weighted by molar-refractivity contribution is -0.143. The number of aliphatic carboxylic acids is 2. The Morgan fingerprint density at radius 3 is 2.07 bits per heavy atom. The van der Waals surface area contributed by atoms with Crippen molar-refractivity contribution >= 4 is 42.3 Å². The van der Waals surface area contributed by atoms with Crippen molar-refractivity contribution in [3.8, 4) is 0 Å². The summed E-state index contributed by atoms with van der Waals surface area (Å²) in [6.07, 6.45) is -0.317. The molecule has 0 aliphatic heterocycles. The van der Waals surface area contributed by atoms with Crippen molar-refractivity contribution in [3.63, 3.8) is 0 Å². The molecule has 0 aliphatic carbocycles. The lowest BCUT2D eigenvalue weighted by atomic mass is 10.1. The number of thiol groups is 1. The number of aliphatic imine (C=N–C) groups is 1. The molecule has 2 amide bonds. The second kappa shape index (κ2) is 12.8. The van der Waals surface area contributed by atoms with E-state index in [1.807, 2.05) is 0 Å². The molecule has 0 aromatic carbocycles. The fourth-order valence-corrected chi connectivity index (χ4v) is 2.10. The van der Waals surface area contributed by atoms with E-state index in [0.29, 0.717) is 0 Å². The van der Waals surface area contributed by atoms with Gasteiger partial charge in [-0.05, 0) is 19.3 Å². The third-order valence-corrected chi connectivity index (χ3v) is 3.77. The van der Waals surface area contributed by atoms with Gasteiger partial charge in [0.25, 0.3) is 0 Å². The first-order chi connectivity index (χ1) is 12.6. The number of hydrogen-bond donors (Lipinski definition) is 8. The monoisotopic (exact) mass is 406 g/mol. The molecule has 154 valence electrons. The van der Waals surface area contributed by atoms with Crippen molar-refractivity contribution in [2.75, 3.05) is 12.3 Å². The molecule has 27 heavy (non-hydrogen) atoms. The summed E-state index contributed by atoms with van der Waals surface area (Å²) in [5.41, 5.74) is 15.8. The number of nitrogens with one attached hydrogen (secondary N) is 2. The average Bonchev–Trinajstić information content (AvgIpc) is 2.59. The van der Waals surface area contributed by atoms with E-state index in [1.165, 1.54) is 0 Å². The van der Waals surface area contributed by atoms with E-state index >= 15 is 0 Å². The van der Waals surface area contributed by atoms with Gasteiger partial charge >= 0.3 is 11.9 Å². The van der Waals surface area contributed by atoms with Crippen LogP contribution in [0.25, 0.3) is 0 Å². The molecule has 0 aromatic rings. The molecule has 0 aliphatic rings. The Hall–Kier alpha value is -2.54. The van der Waals surface area contributed by atoms with Crippen molar-refractivity contribution in [2.24, 2.45) is 22.2 Å². The minimum absolute atomic E-state index is 0.0155. The van der Waals surface area contributed by atoms with Crippen LogP contribution in [-0.4, -0.2) is 70.3 Å². The number of carboxylic acid groups (broad SMARTS) is 2. The van der Waals surface area contributed by atoms with Crippen LogP contribution in [0.15, 0.2) is 4.99 Å². The zero-order valence-corrected chi connectivity index (χ0v) is 15.5. The summed E-state index contributed by atoms with van der Waals surface area (Å²) in [6, 6.07) is -3.50. The summed E-state index contributed by atoms with van der Waals surface area (Å²) in [5, 5.41) is 22.6. The number of nitrogens with two attached hydrogens (primary N) is 3. The van der Waals surface area contributed by atoms with Gasteiger partial charge in [0.05, 0.1) is 6.04 Å². The molecule has 10 N–H and O–H groups in total. The summed E-state index contributed by atoms with van der Waals surface area (Å²) in [5.74, 6) is -4.11. The van der Waals surface area contributed by atoms with Crippen LogP contribution in [0.4, 0.5) is 0 Å². The Morgan fingerprint density at radius 2 is 1.59 bits per heavy atom. The van der Waals surface area contributed by atoms with E-state index in [4.69, 9.17) is 22.3 Å². The summed E-state index contributed by atoms with van der Waals surface area (Å²) >= 11 is 3.87. The fraction of sp³-hybridized carbons (Fsp3) is 0.643. The molecule has 0 aromatic heterocycles. The summed E-state index contributed by atoms with van der Waals surface area (Å²) in [7, 11) is 0. The highest BCUT2D eigenvalue weighted by molar-refractivity contribution is 7.80. The quantitative estimate of drug-likeness (QED) is 0.0684. The molecule has 0 saturated heterocycles. The minimum atomic E-state index is -1.29. The van der Waals surface area contributed by atoms with E-state index in [9.17, 15) is 24.3 Å². The van der Waals surface area contributed by atoms with Crippen LogP contribution < -0.4 is 27.8 Å². The number of carboxylic acids is 2. The second-order valence-electron chi connectivity index (χ2n) is 5.63. The molecule has 0 bridgehead atoms. The third kappa shape index (κ3) is 10.9. The maximum absolute atomic E-state index is 12.3. The topological polar surface area (TPSA) is 223 Å². The van der Waals surface area contributed by atoms with Crippen LogP contribution >= 0.6 is 12.6 Å². The molecule has 13 heteroatoms. The first kappa shape index (κ1) is 24.5.